The fourth-order valence-corrected chi connectivity index (χ4v) is 2.17. The Hall–Kier alpha value is -2.48. The van der Waals surface area contributed by atoms with Gasteiger partial charge in [0.15, 0.2) is 0 Å². The van der Waals surface area contributed by atoms with Gasteiger partial charge in [0.25, 0.3) is 0 Å². The molecule has 0 aliphatic carbocycles. The third kappa shape index (κ3) is 3.99. The van der Waals surface area contributed by atoms with E-state index in [4.69, 9.17) is 5.11 Å². The Labute approximate surface area is 125 Å². The SMILES string of the molecule is CN(CCc1ccccc1C(=O)O)C(=O)Nc1cnns1. The van der Waals surface area contributed by atoms with Crippen molar-refractivity contribution < 1.29 is 14.7 Å². The molecule has 0 aliphatic heterocycles. The van der Waals surface area contributed by atoms with Gasteiger partial charge in [0.2, 0.25) is 0 Å². The molecular weight excluding hydrogens is 292 g/mol. The van der Waals surface area contributed by atoms with Gasteiger partial charge in [-0.3, -0.25) is 5.32 Å². The van der Waals surface area contributed by atoms with Crippen molar-refractivity contribution in [3.05, 3.63) is 41.6 Å². The Morgan fingerprint density at radius 1 is 1.38 bits per heavy atom. The van der Waals surface area contributed by atoms with Gasteiger partial charge in [-0.1, -0.05) is 22.7 Å². The van der Waals surface area contributed by atoms with Crippen molar-refractivity contribution in [2.75, 3.05) is 18.9 Å². The number of nitrogens with one attached hydrogen (secondary N) is 1. The summed E-state index contributed by atoms with van der Waals surface area (Å²) in [6.07, 6.45) is 1.93. The summed E-state index contributed by atoms with van der Waals surface area (Å²) in [4.78, 5) is 24.5. The van der Waals surface area contributed by atoms with E-state index in [1.807, 2.05) is 0 Å². The largest absolute Gasteiger partial charge is 0.478 e. The Balaban J connectivity index is 1.93. The summed E-state index contributed by atoms with van der Waals surface area (Å²) in [5.41, 5.74) is 0.960. The summed E-state index contributed by atoms with van der Waals surface area (Å²) in [5, 5.41) is 16.0. The second kappa shape index (κ2) is 6.80. The molecule has 1 aromatic carbocycles. The molecule has 0 unspecified atom stereocenters. The zero-order chi connectivity index (χ0) is 15.2. The van der Waals surface area contributed by atoms with Gasteiger partial charge in [0.05, 0.1) is 11.8 Å². The second-order valence-corrected chi connectivity index (χ2v) is 5.13. The molecule has 1 aromatic heterocycles. The molecule has 0 saturated carbocycles. The van der Waals surface area contributed by atoms with Crippen LogP contribution in [0, 0.1) is 0 Å². The van der Waals surface area contributed by atoms with Crippen LogP contribution in [0.5, 0.6) is 0 Å². The summed E-state index contributed by atoms with van der Waals surface area (Å²) in [5.74, 6) is -0.964. The molecule has 0 bridgehead atoms. The lowest BCUT2D eigenvalue weighted by Crippen LogP contribution is -2.32. The van der Waals surface area contributed by atoms with Gasteiger partial charge >= 0.3 is 12.0 Å². The summed E-state index contributed by atoms with van der Waals surface area (Å²) in [6, 6.07) is 6.49. The second-order valence-electron chi connectivity index (χ2n) is 4.35. The standard InChI is InChI=1S/C13H14N4O3S/c1-17(13(20)15-11-8-14-16-21-11)7-6-9-4-2-3-5-10(9)12(18)19/h2-5,8H,6-7H2,1H3,(H,15,20)(H,18,19). The third-order valence-corrected chi connectivity index (χ3v) is 3.48. The molecule has 2 aromatic rings. The third-order valence-electron chi connectivity index (χ3n) is 2.90. The molecule has 110 valence electrons. The van der Waals surface area contributed by atoms with Crippen molar-refractivity contribution in [1.82, 2.24) is 14.5 Å². The summed E-state index contributed by atoms with van der Waals surface area (Å²) < 4.78 is 3.65. The van der Waals surface area contributed by atoms with Crippen LogP contribution in [0.15, 0.2) is 30.5 Å². The quantitative estimate of drug-likeness (QED) is 0.880. The summed E-state index contributed by atoms with van der Waals surface area (Å²) >= 11 is 1.09. The van der Waals surface area contributed by atoms with Crippen molar-refractivity contribution in [2.24, 2.45) is 0 Å². The van der Waals surface area contributed by atoms with Gasteiger partial charge in [0.1, 0.15) is 5.00 Å². The number of aromatic nitrogens is 2. The first kappa shape index (κ1) is 14.9. The monoisotopic (exact) mass is 306 g/mol. The molecule has 0 saturated heterocycles. The number of nitrogens with zero attached hydrogens (tertiary/aromatic N) is 3. The summed E-state index contributed by atoms with van der Waals surface area (Å²) in [6.45, 7) is 0.405. The topological polar surface area (TPSA) is 95.4 Å². The van der Waals surface area contributed by atoms with Crippen LogP contribution in [-0.2, 0) is 6.42 Å². The van der Waals surface area contributed by atoms with Gasteiger partial charge < -0.3 is 10.0 Å². The minimum Gasteiger partial charge on any atom is -0.478 e. The molecule has 21 heavy (non-hydrogen) atoms. The first-order valence-corrected chi connectivity index (χ1v) is 6.96. The van der Waals surface area contributed by atoms with E-state index in [1.54, 1.807) is 31.3 Å². The van der Waals surface area contributed by atoms with Crippen LogP contribution in [0.3, 0.4) is 0 Å². The van der Waals surface area contributed by atoms with Crippen LogP contribution in [0.25, 0.3) is 0 Å². The van der Waals surface area contributed by atoms with Crippen LogP contribution in [-0.4, -0.2) is 45.2 Å². The number of carbonyl (C=O) groups excluding carboxylic acids is 1. The molecular formula is C13H14N4O3S. The van der Waals surface area contributed by atoms with Gasteiger partial charge in [-0.25, -0.2) is 9.59 Å². The maximum Gasteiger partial charge on any atom is 0.335 e. The Morgan fingerprint density at radius 3 is 2.81 bits per heavy atom. The molecule has 0 atom stereocenters. The molecule has 2 N–H and O–H groups in total. The Morgan fingerprint density at radius 2 is 2.14 bits per heavy atom. The number of aromatic carboxylic acids is 1. The van der Waals surface area contributed by atoms with Crippen molar-refractivity contribution in [3.8, 4) is 0 Å². The Bertz CT molecular complexity index is 630. The number of hydrogen-bond acceptors (Lipinski definition) is 5. The fraction of sp³-hybridized carbons (Fsp3) is 0.231. The molecule has 0 spiro atoms. The molecule has 0 radical (unpaired) electrons. The lowest BCUT2D eigenvalue weighted by atomic mass is 10.0. The molecule has 0 aliphatic rings. The number of amides is 2. The van der Waals surface area contributed by atoms with Gasteiger partial charge in [-0.05, 0) is 18.1 Å². The van der Waals surface area contributed by atoms with E-state index >= 15 is 0 Å². The highest BCUT2D eigenvalue weighted by Crippen LogP contribution is 2.12. The number of carboxylic acid groups (broad SMARTS) is 1. The highest BCUT2D eigenvalue weighted by Gasteiger charge is 2.13. The molecule has 7 nitrogen and oxygen atoms in total. The molecule has 2 amide bonds. The van der Waals surface area contributed by atoms with Crippen molar-refractivity contribution in [1.29, 1.82) is 0 Å². The average molecular weight is 306 g/mol. The number of hydrogen-bond donors (Lipinski definition) is 2. The van der Waals surface area contributed by atoms with Gasteiger partial charge in [-0.15, -0.1) is 5.10 Å². The van der Waals surface area contributed by atoms with Crippen LogP contribution < -0.4 is 5.32 Å². The number of urea groups is 1. The number of carbonyl (C=O) groups is 2. The summed E-state index contributed by atoms with van der Waals surface area (Å²) in [7, 11) is 1.65. The van der Waals surface area contributed by atoms with Crippen LogP contribution in [0.2, 0.25) is 0 Å². The predicted molar refractivity (Wildman–Crippen MR) is 78.7 cm³/mol. The maximum atomic E-state index is 11.9. The highest BCUT2D eigenvalue weighted by atomic mass is 32.1. The molecule has 2 rings (SSSR count). The zero-order valence-electron chi connectivity index (χ0n) is 11.3. The Kier molecular flexibility index (Phi) is 4.83. The lowest BCUT2D eigenvalue weighted by Gasteiger charge is -2.17. The molecule has 8 heteroatoms. The fourth-order valence-electron chi connectivity index (χ4n) is 1.76. The van der Waals surface area contributed by atoms with E-state index in [1.165, 1.54) is 11.1 Å². The number of carboxylic acids is 1. The maximum absolute atomic E-state index is 11.9. The zero-order valence-corrected chi connectivity index (χ0v) is 12.1. The van der Waals surface area contributed by atoms with E-state index in [9.17, 15) is 9.59 Å². The van der Waals surface area contributed by atoms with Crippen LogP contribution >= 0.6 is 11.5 Å². The molecule has 0 fully saturated rings. The van der Waals surface area contributed by atoms with Gasteiger partial charge in [-0.2, -0.15) is 0 Å². The van der Waals surface area contributed by atoms with Crippen molar-refractivity contribution >= 4 is 28.5 Å². The smallest absolute Gasteiger partial charge is 0.335 e. The van der Waals surface area contributed by atoms with E-state index in [0.29, 0.717) is 23.5 Å². The first-order chi connectivity index (χ1) is 10.1. The van der Waals surface area contributed by atoms with Gasteiger partial charge in [0, 0.05) is 25.1 Å². The van der Waals surface area contributed by atoms with E-state index in [2.05, 4.69) is 14.9 Å². The van der Waals surface area contributed by atoms with E-state index < -0.39 is 5.97 Å². The average Bonchev–Trinajstić information content (AvgIpc) is 2.97. The number of likely N-dealkylation sites (N-methyl/N-ethyl adjacent to an activating group) is 1. The first-order valence-electron chi connectivity index (χ1n) is 6.18. The van der Waals surface area contributed by atoms with Crippen LogP contribution in [0.1, 0.15) is 15.9 Å². The van der Waals surface area contributed by atoms with E-state index in [-0.39, 0.29) is 11.6 Å². The number of benzene rings is 1. The van der Waals surface area contributed by atoms with Crippen molar-refractivity contribution in [2.45, 2.75) is 6.42 Å². The molecule has 1 heterocycles. The van der Waals surface area contributed by atoms with Crippen LogP contribution in [0.4, 0.5) is 9.80 Å². The highest BCUT2D eigenvalue weighted by molar-refractivity contribution is 7.10. The normalized spacial score (nSPS) is 10.1. The number of anilines is 1. The minimum absolute atomic E-state index is 0.262. The minimum atomic E-state index is -0.964. The number of rotatable bonds is 5. The van der Waals surface area contributed by atoms with Crippen molar-refractivity contribution in [3.63, 3.8) is 0 Å². The predicted octanol–water partition coefficient (Wildman–Crippen LogP) is 1.94. The van der Waals surface area contributed by atoms with E-state index in [0.717, 1.165) is 11.5 Å². The lowest BCUT2D eigenvalue weighted by molar-refractivity contribution is 0.0695.